The van der Waals surface area contributed by atoms with E-state index in [0.717, 1.165) is 13.1 Å². The van der Waals surface area contributed by atoms with Gasteiger partial charge in [0.1, 0.15) is 0 Å². The van der Waals surface area contributed by atoms with E-state index < -0.39 is 0 Å². The Kier molecular flexibility index (Phi) is 7.61. The van der Waals surface area contributed by atoms with Gasteiger partial charge in [-0.05, 0) is 31.9 Å². The van der Waals surface area contributed by atoms with Gasteiger partial charge in [0.25, 0.3) is 0 Å². The van der Waals surface area contributed by atoms with Gasteiger partial charge in [-0.3, -0.25) is 0 Å². The van der Waals surface area contributed by atoms with Crippen molar-refractivity contribution in [2.45, 2.75) is 33.2 Å². The van der Waals surface area contributed by atoms with E-state index in [1.165, 1.54) is 11.3 Å². The lowest BCUT2D eigenvalue weighted by Gasteiger charge is -2.25. The molecule has 0 heterocycles. The summed E-state index contributed by atoms with van der Waals surface area (Å²) in [6, 6.07) is 7.83. The number of nitrogens with zero attached hydrogens (tertiary/aromatic N) is 1. The van der Waals surface area contributed by atoms with Gasteiger partial charge in [-0.15, -0.1) is 0 Å². The monoisotopic (exact) mass is 293 g/mol. The molecule has 0 aliphatic heterocycles. The van der Waals surface area contributed by atoms with E-state index in [0.29, 0.717) is 13.0 Å². The standard InChI is InChI=1S/C16H27N3O2/c1-4-14(12-20)18-16(21)17-10-11-19(5-2)15-9-7-6-8-13(15)3/h6-9,14,20H,4-5,10-12H2,1-3H3,(H2,17,18,21). The fourth-order valence-corrected chi connectivity index (χ4v) is 2.18. The van der Waals surface area contributed by atoms with Gasteiger partial charge in [-0.1, -0.05) is 25.1 Å². The topological polar surface area (TPSA) is 64.6 Å². The molecule has 0 bridgehead atoms. The molecule has 1 rings (SSSR count). The highest BCUT2D eigenvalue weighted by Crippen LogP contribution is 2.18. The Hall–Kier alpha value is -1.75. The number of anilines is 1. The number of aliphatic hydroxyl groups excluding tert-OH is 1. The van der Waals surface area contributed by atoms with E-state index >= 15 is 0 Å². The zero-order chi connectivity index (χ0) is 15.7. The molecule has 0 radical (unpaired) electrons. The van der Waals surface area contributed by atoms with E-state index in [1.807, 2.05) is 19.1 Å². The lowest BCUT2D eigenvalue weighted by atomic mass is 10.2. The molecule has 3 N–H and O–H groups in total. The highest BCUT2D eigenvalue weighted by molar-refractivity contribution is 5.74. The zero-order valence-electron chi connectivity index (χ0n) is 13.2. The lowest BCUT2D eigenvalue weighted by Crippen LogP contribution is -2.45. The number of rotatable bonds is 8. The molecule has 118 valence electrons. The number of nitrogens with one attached hydrogen (secondary N) is 2. The first-order valence-electron chi connectivity index (χ1n) is 7.58. The van der Waals surface area contributed by atoms with Crippen molar-refractivity contribution in [3.63, 3.8) is 0 Å². The van der Waals surface area contributed by atoms with E-state index in [-0.39, 0.29) is 18.7 Å². The van der Waals surface area contributed by atoms with Crippen molar-refractivity contribution in [3.8, 4) is 0 Å². The van der Waals surface area contributed by atoms with E-state index in [2.05, 4.69) is 41.5 Å². The average molecular weight is 293 g/mol. The van der Waals surface area contributed by atoms with Crippen LogP contribution in [0.25, 0.3) is 0 Å². The number of benzene rings is 1. The highest BCUT2D eigenvalue weighted by atomic mass is 16.3. The largest absolute Gasteiger partial charge is 0.394 e. The quantitative estimate of drug-likeness (QED) is 0.686. The summed E-state index contributed by atoms with van der Waals surface area (Å²) in [6.45, 7) is 8.30. The van der Waals surface area contributed by atoms with Crippen LogP contribution in [0.3, 0.4) is 0 Å². The summed E-state index contributed by atoms with van der Waals surface area (Å²) in [5, 5.41) is 14.6. The molecule has 1 aromatic rings. The molecule has 0 aliphatic rings. The van der Waals surface area contributed by atoms with Crippen LogP contribution in [0, 0.1) is 6.92 Å². The third kappa shape index (κ3) is 5.63. The summed E-state index contributed by atoms with van der Waals surface area (Å²) in [4.78, 5) is 13.9. The van der Waals surface area contributed by atoms with Crippen molar-refractivity contribution in [1.29, 1.82) is 0 Å². The average Bonchev–Trinajstić information content (AvgIpc) is 2.50. The molecular weight excluding hydrogens is 266 g/mol. The molecule has 1 unspecified atom stereocenters. The van der Waals surface area contributed by atoms with Crippen LogP contribution in [0.2, 0.25) is 0 Å². The highest BCUT2D eigenvalue weighted by Gasteiger charge is 2.10. The van der Waals surface area contributed by atoms with E-state index in [4.69, 9.17) is 5.11 Å². The van der Waals surface area contributed by atoms with Crippen molar-refractivity contribution in [2.24, 2.45) is 0 Å². The first-order valence-corrected chi connectivity index (χ1v) is 7.58. The van der Waals surface area contributed by atoms with Gasteiger partial charge >= 0.3 is 6.03 Å². The van der Waals surface area contributed by atoms with Crippen molar-refractivity contribution in [3.05, 3.63) is 29.8 Å². The Bertz CT molecular complexity index is 433. The van der Waals surface area contributed by atoms with E-state index in [9.17, 15) is 4.79 Å². The second-order valence-corrected chi connectivity index (χ2v) is 5.05. The molecule has 5 nitrogen and oxygen atoms in total. The SMILES string of the molecule is CCC(CO)NC(=O)NCCN(CC)c1ccccc1C. The van der Waals surface area contributed by atoms with Crippen molar-refractivity contribution in [2.75, 3.05) is 31.1 Å². The molecule has 5 heteroatoms. The van der Waals surface area contributed by atoms with Crippen LogP contribution >= 0.6 is 0 Å². The first-order chi connectivity index (χ1) is 10.1. The first kappa shape index (κ1) is 17.3. The number of amides is 2. The van der Waals surface area contributed by atoms with Crippen molar-refractivity contribution < 1.29 is 9.90 Å². The molecule has 0 aromatic heterocycles. The number of carbonyl (C=O) groups excluding carboxylic acids is 1. The molecule has 0 spiro atoms. The van der Waals surface area contributed by atoms with Gasteiger partial charge < -0.3 is 20.6 Å². The zero-order valence-corrected chi connectivity index (χ0v) is 13.2. The molecular formula is C16H27N3O2. The number of carbonyl (C=O) groups is 1. The maximum Gasteiger partial charge on any atom is 0.315 e. The Morgan fingerprint density at radius 2 is 2.05 bits per heavy atom. The third-order valence-electron chi connectivity index (χ3n) is 3.55. The second kappa shape index (κ2) is 9.23. The smallest absolute Gasteiger partial charge is 0.315 e. The van der Waals surface area contributed by atoms with Crippen LogP contribution in [0.5, 0.6) is 0 Å². The van der Waals surface area contributed by atoms with Crippen LogP contribution < -0.4 is 15.5 Å². The summed E-state index contributed by atoms with van der Waals surface area (Å²) in [5.74, 6) is 0. The van der Waals surface area contributed by atoms with Gasteiger partial charge in [0, 0.05) is 25.3 Å². The third-order valence-corrected chi connectivity index (χ3v) is 3.55. The molecule has 0 saturated carbocycles. The lowest BCUT2D eigenvalue weighted by molar-refractivity contribution is 0.215. The maximum absolute atomic E-state index is 11.7. The summed E-state index contributed by atoms with van der Waals surface area (Å²) >= 11 is 0. The number of aliphatic hydroxyl groups is 1. The van der Waals surface area contributed by atoms with Crippen LogP contribution in [0.4, 0.5) is 10.5 Å². The summed E-state index contributed by atoms with van der Waals surface area (Å²) in [5.41, 5.74) is 2.43. The van der Waals surface area contributed by atoms with Gasteiger partial charge in [-0.25, -0.2) is 4.79 Å². The van der Waals surface area contributed by atoms with Gasteiger partial charge in [0.2, 0.25) is 0 Å². The number of urea groups is 1. The molecule has 1 aromatic carbocycles. The summed E-state index contributed by atoms with van der Waals surface area (Å²) in [7, 11) is 0. The second-order valence-electron chi connectivity index (χ2n) is 5.05. The van der Waals surface area contributed by atoms with Crippen molar-refractivity contribution in [1.82, 2.24) is 10.6 Å². The van der Waals surface area contributed by atoms with Gasteiger partial charge in [-0.2, -0.15) is 0 Å². The molecule has 2 amide bonds. The van der Waals surface area contributed by atoms with Gasteiger partial charge in [0.15, 0.2) is 0 Å². The molecule has 21 heavy (non-hydrogen) atoms. The fraction of sp³-hybridized carbons (Fsp3) is 0.562. The minimum absolute atomic E-state index is 0.0335. The Morgan fingerprint density at radius 3 is 2.62 bits per heavy atom. The van der Waals surface area contributed by atoms with Crippen molar-refractivity contribution >= 4 is 11.7 Å². The normalized spacial score (nSPS) is 11.8. The van der Waals surface area contributed by atoms with Gasteiger partial charge in [0.05, 0.1) is 12.6 Å². The Balaban J connectivity index is 2.43. The Labute approximate surface area is 127 Å². The number of likely N-dealkylation sites (N-methyl/N-ethyl adjacent to an activating group) is 1. The molecule has 0 fully saturated rings. The number of hydrogen-bond acceptors (Lipinski definition) is 3. The minimum Gasteiger partial charge on any atom is -0.394 e. The van der Waals surface area contributed by atoms with Crippen LogP contribution in [0.1, 0.15) is 25.8 Å². The van der Waals surface area contributed by atoms with Crippen LogP contribution in [-0.4, -0.2) is 43.4 Å². The summed E-state index contributed by atoms with van der Waals surface area (Å²) in [6.07, 6.45) is 0.716. The van der Waals surface area contributed by atoms with E-state index in [1.54, 1.807) is 0 Å². The number of hydrogen-bond donors (Lipinski definition) is 3. The fourth-order valence-electron chi connectivity index (χ4n) is 2.18. The molecule has 1 atom stereocenters. The predicted molar refractivity (Wildman–Crippen MR) is 86.8 cm³/mol. The summed E-state index contributed by atoms with van der Waals surface area (Å²) < 4.78 is 0. The minimum atomic E-state index is -0.225. The maximum atomic E-state index is 11.7. The Morgan fingerprint density at radius 1 is 1.33 bits per heavy atom. The predicted octanol–water partition coefficient (Wildman–Crippen LogP) is 1.89. The van der Waals surface area contributed by atoms with Crippen LogP contribution in [-0.2, 0) is 0 Å². The molecule has 0 saturated heterocycles. The number of aryl methyl sites for hydroxylation is 1. The van der Waals surface area contributed by atoms with Crippen LogP contribution in [0.15, 0.2) is 24.3 Å². The molecule has 0 aliphatic carbocycles. The number of para-hydroxylation sites is 1.